The molecule has 1 atom stereocenters. The highest BCUT2D eigenvalue weighted by molar-refractivity contribution is 6.05. The van der Waals surface area contributed by atoms with Crippen molar-refractivity contribution in [3.8, 4) is 0 Å². The van der Waals surface area contributed by atoms with Gasteiger partial charge in [-0.05, 0) is 38.3 Å². The summed E-state index contributed by atoms with van der Waals surface area (Å²) in [4.78, 5) is 26.5. The molecule has 3 fully saturated rings. The molecule has 1 N–H and O–H groups in total. The molecule has 0 bridgehead atoms. The van der Waals surface area contributed by atoms with E-state index in [4.69, 9.17) is 0 Å². The van der Waals surface area contributed by atoms with Crippen molar-refractivity contribution in [2.75, 3.05) is 19.6 Å². The third kappa shape index (κ3) is 2.42. The molecule has 0 aromatic rings. The van der Waals surface area contributed by atoms with E-state index in [0.717, 1.165) is 45.2 Å². The Morgan fingerprint density at radius 1 is 1.16 bits per heavy atom. The van der Waals surface area contributed by atoms with Gasteiger partial charge in [0.15, 0.2) is 0 Å². The summed E-state index contributed by atoms with van der Waals surface area (Å²) in [7, 11) is 0. The van der Waals surface area contributed by atoms with Crippen molar-refractivity contribution in [2.45, 2.75) is 51.4 Å². The summed E-state index contributed by atoms with van der Waals surface area (Å²) < 4.78 is 0. The van der Waals surface area contributed by atoms with E-state index >= 15 is 0 Å². The van der Waals surface area contributed by atoms with Crippen molar-refractivity contribution in [1.29, 1.82) is 0 Å². The number of nitrogens with zero attached hydrogens (tertiary/aromatic N) is 1. The monoisotopic (exact) mass is 264 g/mol. The average Bonchev–Trinajstić information content (AvgIpc) is 2.89. The Hall–Kier alpha value is -0.900. The zero-order chi connectivity index (χ0) is 13.3. The van der Waals surface area contributed by atoms with Crippen molar-refractivity contribution in [2.24, 2.45) is 11.3 Å². The van der Waals surface area contributed by atoms with E-state index in [1.165, 1.54) is 12.8 Å². The number of imide groups is 1. The van der Waals surface area contributed by atoms with Crippen LogP contribution in [-0.4, -0.2) is 36.3 Å². The van der Waals surface area contributed by atoms with Crippen LogP contribution in [0, 0.1) is 11.3 Å². The third-order valence-electron chi connectivity index (χ3n) is 5.15. The maximum Gasteiger partial charge on any atom is 0.235 e. The first-order chi connectivity index (χ1) is 9.21. The largest absolute Gasteiger partial charge is 0.316 e. The Morgan fingerprint density at radius 3 is 2.53 bits per heavy atom. The molecule has 0 aromatic carbocycles. The SMILES string of the molecule is O=C1CC2(CCCCCC2)C(=O)N1CC1CCNC1. The van der Waals surface area contributed by atoms with Gasteiger partial charge in [-0.25, -0.2) is 0 Å². The summed E-state index contributed by atoms with van der Waals surface area (Å²) in [6.07, 6.45) is 8.07. The number of nitrogens with one attached hydrogen (secondary N) is 1. The zero-order valence-electron chi connectivity index (χ0n) is 11.6. The molecule has 2 saturated heterocycles. The summed E-state index contributed by atoms with van der Waals surface area (Å²) in [5, 5.41) is 3.31. The summed E-state index contributed by atoms with van der Waals surface area (Å²) in [6, 6.07) is 0. The normalized spacial score (nSPS) is 31.2. The second kappa shape index (κ2) is 5.23. The lowest BCUT2D eigenvalue weighted by Gasteiger charge is -2.26. The van der Waals surface area contributed by atoms with E-state index in [1.54, 1.807) is 4.90 Å². The van der Waals surface area contributed by atoms with E-state index in [9.17, 15) is 9.59 Å². The molecule has 2 amide bonds. The Bertz CT molecular complexity index is 366. The molecule has 0 radical (unpaired) electrons. The molecule has 1 spiro atoms. The first-order valence-corrected chi connectivity index (χ1v) is 7.77. The number of amides is 2. The van der Waals surface area contributed by atoms with Crippen LogP contribution < -0.4 is 5.32 Å². The van der Waals surface area contributed by atoms with Crippen molar-refractivity contribution in [3.63, 3.8) is 0 Å². The fourth-order valence-electron chi connectivity index (χ4n) is 3.97. The highest BCUT2D eigenvalue weighted by Crippen LogP contribution is 2.44. The lowest BCUT2D eigenvalue weighted by Crippen LogP contribution is -2.39. The minimum atomic E-state index is -0.320. The number of hydrogen-bond acceptors (Lipinski definition) is 3. The van der Waals surface area contributed by atoms with Crippen LogP contribution in [0.25, 0.3) is 0 Å². The van der Waals surface area contributed by atoms with Gasteiger partial charge in [0.1, 0.15) is 0 Å². The topological polar surface area (TPSA) is 49.4 Å². The smallest absolute Gasteiger partial charge is 0.235 e. The lowest BCUT2D eigenvalue weighted by molar-refractivity contribution is -0.142. The summed E-state index contributed by atoms with van der Waals surface area (Å²) >= 11 is 0. The molecule has 2 aliphatic heterocycles. The summed E-state index contributed by atoms with van der Waals surface area (Å²) in [5.41, 5.74) is -0.320. The quantitative estimate of drug-likeness (QED) is 0.772. The fourth-order valence-corrected chi connectivity index (χ4v) is 3.97. The van der Waals surface area contributed by atoms with Crippen LogP contribution in [-0.2, 0) is 9.59 Å². The highest BCUT2D eigenvalue weighted by Gasteiger charge is 2.51. The molecular weight excluding hydrogens is 240 g/mol. The second-order valence-corrected chi connectivity index (χ2v) is 6.54. The minimum absolute atomic E-state index is 0.0822. The van der Waals surface area contributed by atoms with Gasteiger partial charge in [0.2, 0.25) is 11.8 Å². The minimum Gasteiger partial charge on any atom is -0.316 e. The summed E-state index contributed by atoms with van der Waals surface area (Å²) in [5.74, 6) is 0.693. The summed E-state index contributed by atoms with van der Waals surface area (Å²) in [6.45, 7) is 2.61. The maximum atomic E-state index is 12.7. The van der Waals surface area contributed by atoms with E-state index in [1.807, 2.05) is 0 Å². The van der Waals surface area contributed by atoms with Crippen LogP contribution in [0.4, 0.5) is 0 Å². The molecule has 4 heteroatoms. The predicted molar refractivity (Wildman–Crippen MR) is 72.4 cm³/mol. The average molecular weight is 264 g/mol. The molecule has 19 heavy (non-hydrogen) atoms. The van der Waals surface area contributed by atoms with E-state index in [-0.39, 0.29) is 17.2 Å². The Kier molecular flexibility index (Phi) is 3.61. The third-order valence-corrected chi connectivity index (χ3v) is 5.15. The number of carbonyl (C=O) groups excluding carboxylic acids is 2. The van der Waals surface area contributed by atoms with Gasteiger partial charge in [0.05, 0.1) is 5.41 Å². The van der Waals surface area contributed by atoms with Gasteiger partial charge in [0.25, 0.3) is 0 Å². The molecule has 3 rings (SSSR count). The van der Waals surface area contributed by atoms with Gasteiger partial charge < -0.3 is 5.32 Å². The number of rotatable bonds is 2. The van der Waals surface area contributed by atoms with Gasteiger partial charge in [0, 0.05) is 13.0 Å². The molecule has 1 saturated carbocycles. The first-order valence-electron chi connectivity index (χ1n) is 7.77. The second-order valence-electron chi connectivity index (χ2n) is 6.54. The molecule has 1 unspecified atom stereocenters. The number of carbonyl (C=O) groups is 2. The van der Waals surface area contributed by atoms with Gasteiger partial charge >= 0.3 is 0 Å². The Labute approximate surface area is 114 Å². The number of likely N-dealkylation sites (tertiary alicyclic amines) is 1. The van der Waals surface area contributed by atoms with Crippen LogP contribution in [0.3, 0.4) is 0 Å². The predicted octanol–water partition coefficient (Wildman–Crippen LogP) is 1.70. The molecule has 3 aliphatic rings. The maximum absolute atomic E-state index is 12.7. The van der Waals surface area contributed by atoms with Crippen LogP contribution in [0.15, 0.2) is 0 Å². The van der Waals surface area contributed by atoms with E-state index in [2.05, 4.69) is 5.32 Å². The van der Waals surface area contributed by atoms with Crippen molar-refractivity contribution >= 4 is 11.8 Å². The van der Waals surface area contributed by atoms with Gasteiger partial charge in [-0.3, -0.25) is 14.5 Å². The molecule has 1 aliphatic carbocycles. The fraction of sp³-hybridized carbons (Fsp3) is 0.867. The van der Waals surface area contributed by atoms with Gasteiger partial charge in [-0.15, -0.1) is 0 Å². The van der Waals surface area contributed by atoms with Crippen LogP contribution >= 0.6 is 0 Å². The first kappa shape index (κ1) is 13.1. The number of hydrogen-bond donors (Lipinski definition) is 1. The van der Waals surface area contributed by atoms with Crippen molar-refractivity contribution < 1.29 is 9.59 Å². The molecule has 106 valence electrons. The van der Waals surface area contributed by atoms with Crippen LogP contribution in [0.5, 0.6) is 0 Å². The standard InChI is InChI=1S/C15H24N2O2/c18-13-9-15(6-3-1-2-4-7-15)14(19)17(13)11-12-5-8-16-10-12/h12,16H,1-11H2. The Balaban J connectivity index is 1.72. The highest BCUT2D eigenvalue weighted by atomic mass is 16.2. The lowest BCUT2D eigenvalue weighted by atomic mass is 9.79. The van der Waals surface area contributed by atoms with E-state index < -0.39 is 0 Å². The molecular formula is C15H24N2O2. The molecule has 4 nitrogen and oxygen atoms in total. The van der Waals surface area contributed by atoms with E-state index in [0.29, 0.717) is 18.9 Å². The van der Waals surface area contributed by atoms with Crippen LogP contribution in [0.2, 0.25) is 0 Å². The van der Waals surface area contributed by atoms with Crippen LogP contribution in [0.1, 0.15) is 51.4 Å². The van der Waals surface area contributed by atoms with Gasteiger partial charge in [-0.1, -0.05) is 25.7 Å². The molecule has 2 heterocycles. The molecule has 0 aromatic heterocycles. The Morgan fingerprint density at radius 2 is 1.89 bits per heavy atom. The van der Waals surface area contributed by atoms with Crippen molar-refractivity contribution in [1.82, 2.24) is 10.2 Å². The zero-order valence-corrected chi connectivity index (χ0v) is 11.6. The van der Waals surface area contributed by atoms with Gasteiger partial charge in [-0.2, -0.15) is 0 Å². The van der Waals surface area contributed by atoms with Crippen molar-refractivity contribution in [3.05, 3.63) is 0 Å².